The minimum absolute atomic E-state index is 0. The molecular weight excluding hydrogens is 719 g/mol. The third-order valence-corrected chi connectivity index (χ3v) is 3.85. The fraction of sp³-hybridized carbons (Fsp3) is 0.750. The van der Waals surface area contributed by atoms with Crippen LogP contribution in [0.2, 0.25) is 0 Å². The van der Waals surface area contributed by atoms with Gasteiger partial charge in [0.1, 0.15) is 5.78 Å². The quantitative estimate of drug-likeness (QED) is 0.277. The molecule has 1 saturated heterocycles. The van der Waals surface area contributed by atoms with Crippen LogP contribution in [0.1, 0.15) is 13.3 Å². The molecule has 0 aromatic rings. The molecule has 2 nitrogen and oxygen atoms in total. The zero-order valence-corrected chi connectivity index (χ0v) is 21.3. The first-order chi connectivity index (χ1) is 4.79. The van der Waals surface area contributed by atoms with Crippen LogP contribution in [0.5, 0.6) is 0 Å². The molecule has 4 unspecified atom stereocenters. The van der Waals surface area contributed by atoms with Crippen LogP contribution in [0.4, 0.5) is 0 Å². The normalized spacial score (nSPS) is 32.3. The molecule has 4 atom stereocenters. The number of hydrogen-bond acceptors (Lipinski definition) is 1. The second kappa shape index (κ2) is 12.5. The van der Waals surface area contributed by atoms with E-state index in [9.17, 15) is 4.79 Å². The number of Topliss-reactive ketones (excluding diaryl/α,β-unsaturated/α-hetero) is 1. The summed E-state index contributed by atoms with van der Waals surface area (Å²) in [5.74, 6) is 0.696. The predicted octanol–water partition coefficient (Wildman–Crippen LogP) is 1.80. The summed E-state index contributed by atoms with van der Waals surface area (Å²) in [7, 11) is 0.927. The van der Waals surface area contributed by atoms with Gasteiger partial charge in [-0.25, -0.2) is 0 Å². The Morgan fingerprint density at radius 2 is 2.00 bits per heavy atom. The molecule has 1 saturated carbocycles. The van der Waals surface area contributed by atoms with Crippen LogP contribution in [-0.2, 0) is 77.1 Å². The fourth-order valence-corrected chi connectivity index (χ4v) is 3.35. The molecule has 82 valence electrons. The van der Waals surface area contributed by atoms with E-state index >= 15 is 0 Å². The molecule has 2 rings (SSSR count). The first kappa shape index (κ1) is 26.9. The Labute approximate surface area is 170 Å². The molecule has 0 aromatic carbocycles. The van der Waals surface area contributed by atoms with Crippen molar-refractivity contribution in [3.05, 3.63) is 12.7 Å². The van der Waals surface area contributed by atoms with Crippen molar-refractivity contribution >= 4 is 14.4 Å². The van der Waals surface area contributed by atoms with Gasteiger partial charge in [0, 0.05) is 109 Å². The Kier molecular flexibility index (Phi) is 22.5. The molecule has 1 aliphatic carbocycles. The van der Waals surface area contributed by atoms with E-state index in [1.807, 2.05) is 6.92 Å². The van der Waals surface area contributed by atoms with Crippen molar-refractivity contribution in [2.75, 3.05) is 6.29 Å². The Balaban J connectivity index is -0.000000121. The summed E-state index contributed by atoms with van der Waals surface area (Å²) in [6, 6.07) is 0.119. The van der Waals surface area contributed by atoms with E-state index < -0.39 is 0 Å². The maximum atomic E-state index is 11.3. The molecule has 0 N–H and O–H groups in total. The van der Waals surface area contributed by atoms with E-state index in [1.165, 1.54) is 0 Å². The fourth-order valence-electron chi connectivity index (χ4n) is 1.80. The zero-order chi connectivity index (χ0) is 7.14. The molecule has 0 spiro atoms. The van der Waals surface area contributed by atoms with Crippen LogP contribution in [0.15, 0.2) is 0 Å². The van der Waals surface area contributed by atoms with Gasteiger partial charge in [0.2, 0.25) is 0 Å². The summed E-state index contributed by atoms with van der Waals surface area (Å²) in [5.41, 5.74) is 0.641. The van der Waals surface area contributed by atoms with Gasteiger partial charge in [-0.1, -0.05) is 13.0 Å². The summed E-state index contributed by atoms with van der Waals surface area (Å²) >= 11 is 0. The Morgan fingerprint density at radius 3 is 2.47 bits per heavy atom. The summed E-state index contributed by atoms with van der Waals surface area (Å²) in [6.07, 6.45) is 2.05. The first-order valence-electron chi connectivity index (χ1n) is 3.73. The molecule has 2 aliphatic rings. The number of ketones is 1. The molecule has 0 aromatic heterocycles. The first-order valence-corrected chi connectivity index (χ1v) is 5.01. The smallest absolute Gasteiger partial charge is 0.119 e. The van der Waals surface area contributed by atoms with Crippen molar-refractivity contribution in [1.82, 2.24) is 0 Å². The van der Waals surface area contributed by atoms with Crippen LogP contribution in [0, 0.1) is 44.5 Å². The van der Waals surface area contributed by atoms with Crippen LogP contribution >= 0.6 is 8.58 Å². The van der Waals surface area contributed by atoms with Crippen molar-refractivity contribution in [1.29, 1.82) is 0 Å². The molecule has 15 heavy (non-hydrogen) atoms. The molecule has 1 aliphatic heterocycles. The van der Waals surface area contributed by atoms with Gasteiger partial charge in [0.15, 0.2) is 0 Å². The van der Waals surface area contributed by atoms with Crippen LogP contribution in [-0.4, -0.2) is 23.8 Å². The molecule has 0 bridgehead atoms. The third-order valence-electron chi connectivity index (χ3n) is 2.41. The van der Waals surface area contributed by atoms with E-state index in [0.717, 1.165) is 21.3 Å². The minimum Gasteiger partial charge on any atom is -0.649 e. The summed E-state index contributed by atoms with van der Waals surface area (Å²) < 4.78 is 0. The minimum atomic E-state index is 0. The predicted molar refractivity (Wildman–Crippen MR) is 49.3 cm³/mol. The van der Waals surface area contributed by atoms with E-state index in [0.29, 0.717) is 17.4 Å². The second-order valence-electron chi connectivity index (χ2n) is 3.14. The van der Waals surface area contributed by atoms with Crippen molar-refractivity contribution < 1.29 is 108 Å². The van der Waals surface area contributed by atoms with Gasteiger partial charge < -0.3 is 17.5 Å². The average Bonchev–Trinajstić information content (AvgIpc) is 2.41. The number of rotatable bonds is 0. The van der Waals surface area contributed by atoms with Crippen molar-refractivity contribution in [2.24, 2.45) is 5.92 Å². The van der Waals surface area contributed by atoms with Gasteiger partial charge in [0.25, 0.3) is 0 Å². The third kappa shape index (κ3) is 6.46. The van der Waals surface area contributed by atoms with Gasteiger partial charge in [-0.2, -0.15) is 0 Å². The summed E-state index contributed by atoms with van der Waals surface area (Å²) in [6.45, 7) is 2.03. The maximum Gasteiger partial charge on any atom is 0.119 e. The van der Waals surface area contributed by atoms with Crippen LogP contribution in [0.3, 0.4) is 0 Å². The number of nitrogens with zero attached hydrogens (tertiary/aromatic N) is 1. The van der Waals surface area contributed by atoms with Gasteiger partial charge in [-0.15, -0.1) is 14.9 Å². The second-order valence-corrected chi connectivity index (χ2v) is 4.60. The van der Waals surface area contributed by atoms with Crippen LogP contribution in [0.25, 0.3) is 5.32 Å². The van der Waals surface area contributed by atoms with Crippen LogP contribution < -0.4 is 0 Å². The Bertz CT molecular complexity index is 192. The van der Waals surface area contributed by atoms with Crippen molar-refractivity contribution in [3.63, 3.8) is 0 Å². The average molecular weight is 733 g/mol. The Morgan fingerprint density at radius 1 is 1.47 bits per heavy atom. The number of hydrogen-bond donors (Lipinski definition) is 0. The molecule has 7 heteroatoms. The molecule has 2 radical (unpaired) electrons. The van der Waals surface area contributed by atoms with Gasteiger partial charge in [-0.3, -0.25) is 0 Å². The molecular formula is C8H14NOPUVWY-2. The number of carbonyl (C=O) groups is 1. The van der Waals surface area contributed by atoms with E-state index in [1.54, 1.807) is 0 Å². The molecule has 0 amide bonds. The number of fused-ring (bicyclic) bond motifs is 1. The van der Waals surface area contributed by atoms with Crippen molar-refractivity contribution in [3.8, 4) is 0 Å². The largest absolute Gasteiger partial charge is 0.649 e. The number of carbonyl (C=O) groups excluding carboxylic acids is 1. The summed E-state index contributed by atoms with van der Waals surface area (Å²) in [4.78, 5) is 11.3. The monoisotopic (exact) mass is 733 g/mol. The molecule has 1 heterocycles. The zero-order valence-electron chi connectivity index (χ0n) is 8.93. The van der Waals surface area contributed by atoms with Gasteiger partial charge in [-0.05, 0) is 12.1 Å². The topological polar surface area (TPSA) is 31.2 Å². The summed E-state index contributed by atoms with van der Waals surface area (Å²) in [5, 5.41) is 4.29. The maximum absolute atomic E-state index is 11.3. The van der Waals surface area contributed by atoms with E-state index in [-0.39, 0.29) is 117 Å². The molecule has 2 fully saturated rings. The Hall–Kier alpha value is 3.49. The SMILES string of the molecule is CC1CC2PC[N-]C2C1=O.[CH3-].[U].[V].[W].[Y]. The van der Waals surface area contributed by atoms with Crippen molar-refractivity contribution in [2.45, 2.75) is 25.0 Å². The van der Waals surface area contributed by atoms with E-state index in [4.69, 9.17) is 0 Å². The van der Waals surface area contributed by atoms with E-state index in [2.05, 4.69) is 5.32 Å². The van der Waals surface area contributed by atoms with Gasteiger partial charge in [0.05, 0.1) is 0 Å². The van der Waals surface area contributed by atoms with Gasteiger partial charge >= 0.3 is 0 Å². The standard InChI is InChI=1S/C7H11NOP.CH3.U.V.W.Y/c1-4-2-5-6(7(4)9)8-3-10-5;;;;;/h4-6,10H,2-3H2,1H3;1H3;;;;/q2*-1;;;;.